The number of benzene rings is 4. The number of fused-ring (bicyclic) bond motifs is 3. The van der Waals surface area contributed by atoms with Gasteiger partial charge in [-0.15, -0.1) is 0 Å². The second-order valence-corrected chi connectivity index (χ2v) is 7.15. The monoisotopic (exact) mass is 377 g/mol. The molecular weight excluding hydrogens is 358 g/mol. The number of carbonyl (C=O) groups is 1. The lowest BCUT2D eigenvalue weighted by atomic mass is 10.0. The van der Waals surface area contributed by atoms with Gasteiger partial charge in [0.2, 0.25) is 0 Å². The Bertz CT molecular complexity index is 1360. The molecule has 0 spiro atoms. The summed E-state index contributed by atoms with van der Waals surface area (Å²) < 4.78 is 6.19. The number of furan rings is 1. The lowest BCUT2D eigenvalue weighted by Gasteiger charge is -2.12. The van der Waals surface area contributed by atoms with E-state index in [0.29, 0.717) is 5.56 Å². The molecule has 5 aromatic rings. The lowest BCUT2D eigenvalue weighted by Crippen LogP contribution is -2.12. The van der Waals surface area contributed by atoms with E-state index in [4.69, 9.17) is 4.42 Å². The quantitative estimate of drug-likeness (QED) is 0.375. The van der Waals surface area contributed by atoms with Gasteiger partial charge in [0.1, 0.15) is 11.2 Å². The van der Waals surface area contributed by atoms with Crippen LogP contribution in [-0.2, 0) is 0 Å². The summed E-state index contributed by atoms with van der Waals surface area (Å²) in [5.41, 5.74) is 6.02. The molecule has 0 aliphatic rings. The third-order valence-corrected chi connectivity index (χ3v) is 5.15. The smallest absolute Gasteiger partial charge is 0.255 e. The third-order valence-electron chi connectivity index (χ3n) is 5.15. The number of anilines is 1. The van der Waals surface area contributed by atoms with Gasteiger partial charge in [-0.3, -0.25) is 4.79 Å². The summed E-state index contributed by atoms with van der Waals surface area (Å²) in [6.07, 6.45) is 0. The Labute approximate surface area is 168 Å². The van der Waals surface area contributed by atoms with Gasteiger partial charge < -0.3 is 9.73 Å². The first-order chi connectivity index (χ1) is 14.2. The lowest BCUT2D eigenvalue weighted by molar-refractivity contribution is 0.102. The topological polar surface area (TPSA) is 42.2 Å². The maximum atomic E-state index is 12.8. The van der Waals surface area contributed by atoms with E-state index in [1.54, 1.807) is 0 Å². The number of aryl methyl sites for hydroxylation is 1. The molecule has 0 aliphatic heterocycles. The number of nitrogens with one attached hydrogen (secondary N) is 1. The molecule has 1 heterocycles. The van der Waals surface area contributed by atoms with E-state index in [2.05, 4.69) is 17.4 Å². The predicted molar refractivity (Wildman–Crippen MR) is 118 cm³/mol. The maximum absolute atomic E-state index is 12.8. The van der Waals surface area contributed by atoms with E-state index in [1.165, 1.54) is 0 Å². The van der Waals surface area contributed by atoms with Crippen LogP contribution in [0.4, 0.5) is 5.69 Å². The van der Waals surface area contributed by atoms with Gasteiger partial charge in [-0.05, 0) is 31.2 Å². The highest BCUT2D eigenvalue weighted by Gasteiger charge is 2.15. The Hall–Kier alpha value is -3.85. The molecule has 3 heteroatoms. The van der Waals surface area contributed by atoms with Crippen LogP contribution in [0, 0.1) is 6.92 Å². The highest BCUT2D eigenvalue weighted by molar-refractivity contribution is 6.12. The first-order valence-electron chi connectivity index (χ1n) is 9.58. The van der Waals surface area contributed by atoms with E-state index in [-0.39, 0.29) is 5.91 Å². The minimum atomic E-state index is -0.127. The summed E-state index contributed by atoms with van der Waals surface area (Å²) in [5.74, 6) is -0.127. The van der Waals surface area contributed by atoms with Gasteiger partial charge in [0.05, 0.1) is 0 Å². The number of para-hydroxylation sites is 3. The van der Waals surface area contributed by atoms with Crippen molar-refractivity contribution >= 4 is 33.5 Å². The molecule has 0 aliphatic carbocycles. The molecule has 1 aromatic heterocycles. The number of rotatable bonds is 3. The Morgan fingerprint density at radius 2 is 1.48 bits per heavy atom. The number of hydrogen-bond donors (Lipinski definition) is 1. The molecule has 1 N–H and O–H groups in total. The zero-order valence-corrected chi connectivity index (χ0v) is 16.0. The van der Waals surface area contributed by atoms with Crippen molar-refractivity contribution in [3.63, 3.8) is 0 Å². The summed E-state index contributed by atoms with van der Waals surface area (Å²) in [5, 5.41) is 5.23. The minimum Gasteiger partial charge on any atom is -0.455 e. The van der Waals surface area contributed by atoms with Crippen molar-refractivity contribution in [3.8, 4) is 11.1 Å². The van der Waals surface area contributed by atoms with Crippen molar-refractivity contribution in [2.75, 3.05) is 5.32 Å². The second kappa shape index (κ2) is 6.95. The second-order valence-electron chi connectivity index (χ2n) is 7.15. The van der Waals surface area contributed by atoms with Crippen LogP contribution in [0.1, 0.15) is 15.9 Å². The third kappa shape index (κ3) is 3.07. The highest BCUT2D eigenvalue weighted by Crippen LogP contribution is 2.38. The minimum absolute atomic E-state index is 0.127. The van der Waals surface area contributed by atoms with Gasteiger partial charge in [0, 0.05) is 33.2 Å². The molecule has 0 atom stereocenters. The number of hydrogen-bond acceptors (Lipinski definition) is 2. The van der Waals surface area contributed by atoms with Gasteiger partial charge in [0.15, 0.2) is 0 Å². The van der Waals surface area contributed by atoms with Crippen LogP contribution >= 0.6 is 0 Å². The Kier molecular flexibility index (Phi) is 4.14. The van der Waals surface area contributed by atoms with Crippen molar-refractivity contribution < 1.29 is 9.21 Å². The van der Waals surface area contributed by atoms with Gasteiger partial charge in [-0.2, -0.15) is 0 Å². The molecule has 0 saturated heterocycles. The molecule has 3 nitrogen and oxygen atoms in total. The molecule has 5 rings (SSSR count). The fourth-order valence-corrected chi connectivity index (χ4v) is 3.77. The average molecular weight is 377 g/mol. The fraction of sp³-hybridized carbons (Fsp3) is 0.0385. The van der Waals surface area contributed by atoms with Crippen molar-refractivity contribution in [2.24, 2.45) is 0 Å². The first-order valence-corrected chi connectivity index (χ1v) is 9.58. The van der Waals surface area contributed by atoms with Crippen molar-refractivity contribution in [3.05, 3.63) is 102 Å². The van der Waals surface area contributed by atoms with Crippen LogP contribution in [-0.4, -0.2) is 5.91 Å². The predicted octanol–water partition coefficient (Wildman–Crippen LogP) is 6.81. The summed E-state index contributed by atoms with van der Waals surface area (Å²) >= 11 is 0. The van der Waals surface area contributed by atoms with Crippen LogP contribution in [0.5, 0.6) is 0 Å². The zero-order valence-electron chi connectivity index (χ0n) is 16.0. The Morgan fingerprint density at radius 3 is 2.38 bits per heavy atom. The van der Waals surface area contributed by atoms with Crippen LogP contribution < -0.4 is 5.32 Å². The SMILES string of the molecule is Cc1cccc(C(=O)Nc2ccccc2-c2cccc3c2oc2ccccc23)c1. The largest absolute Gasteiger partial charge is 0.455 e. The van der Waals surface area contributed by atoms with Gasteiger partial charge in [0.25, 0.3) is 5.91 Å². The highest BCUT2D eigenvalue weighted by atomic mass is 16.3. The van der Waals surface area contributed by atoms with Crippen LogP contribution in [0.15, 0.2) is 95.4 Å². The summed E-state index contributed by atoms with van der Waals surface area (Å²) in [7, 11) is 0. The molecule has 0 unspecified atom stereocenters. The number of amides is 1. The van der Waals surface area contributed by atoms with Crippen LogP contribution in [0.3, 0.4) is 0 Å². The normalized spacial score (nSPS) is 11.1. The summed E-state index contributed by atoms with van der Waals surface area (Å²) in [6, 6.07) is 29.6. The molecule has 140 valence electrons. The van der Waals surface area contributed by atoms with E-state index in [1.807, 2.05) is 85.8 Å². The standard InChI is InChI=1S/C26H19NO2/c1-17-8-6-9-18(16-17)26(28)27-23-14-4-2-10-19(23)21-12-7-13-22-20-11-3-5-15-24(20)29-25(21)22/h2-16H,1H3,(H,27,28). The molecule has 29 heavy (non-hydrogen) atoms. The molecule has 0 radical (unpaired) electrons. The van der Waals surface area contributed by atoms with Crippen molar-refractivity contribution in [1.29, 1.82) is 0 Å². The van der Waals surface area contributed by atoms with E-state index in [0.717, 1.165) is 44.3 Å². The first kappa shape index (κ1) is 17.3. The van der Waals surface area contributed by atoms with Gasteiger partial charge in [-0.1, -0.05) is 72.3 Å². The van der Waals surface area contributed by atoms with E-state index >= 15 is 0 Å². The van der Waals surface area contributed by atoms with Crippen LogP contribution in [0.2, 0.25) is 0 Å². The van der Waals surface area contributed by atoms with Crippen molar-refractivity contribution in [2.45, 2.75) is 6.92 Å². The van der Waals surface area contributed by atoms with Crippen molar-refractivity contribution in [1.82, 2.24) is 0 Å². The van der Waals surface area contributed by atoms with Gasteiger partial charge in [-0.25, -0.2) is 0 Å². The molecule has 0 saturated carbocycles. The summed E-state index contributed by atoms with van der Waals surface area (Å²) in [4.78, 5) is 12.8. The van der Waals surface area contributed by atoms with Gasteiger partial charge >= 0.3 is 0 Å². The maximum Gasteiger partial charge on any atom is 0.255 e. The average Bonchev–Trinajstić information content (AvgIpc) is 3.13. The molecule has 0 bridgehead atoms. The zero-order chi connectivity index (χ0) is 19.8. The number of carbonyl (C=O) groups excluding carboxylic acids is 1. The molecule has 0 fully saturated rings. The van der Waals surface area contributed by atoms with Crippen LogP contribution in [0.25, 0.3) is 33.1 Å². The fourth-order valence-electron chi connectivity index (χ4n) is 3.77. The van der Waals surface area contributed by atoms with E-state index < -0.39 is 0 Å². The molecule has 4 aromatic carbocycles. The molecule has 1 amide bonds. The molecular formula is C26H19NO2. The summed E-state index contributed by atoms with van der Waals surface area (Å²) in [6.45, 7) is 1.98. The Balaban J connectivity index is 1.62. The van der Waals surface area contributed by atoms with E-state index in [9.17, 15) is 4.79 Å². The Morgan fingerprint density at radius 1 is 0.759 bits per heavy atom.